The number of aryl methyl sites for hydroxylation is 1. The number of carbonyl (C=O) groups excluding carboxylic acids is 2. The summed E-state index contributed by atoms with van der Waals surface area (Å²) in [6.07, 6.45) is 0. The molecule has 0 aliphatic rings. The first kappa shape index (κ1) is 20.4. The van der Waals surface area contributed by atoms with Gasteiger partial charge in [-0.1, -0.05) is 0 Å². The Morgan fingerprint density at radius 1 is 1.30 bits per heavy atom. The molecule has 0 aromatic carbocycles. The highest BCUT2D eigenvalue weighted by molar-refractivity contribution is 7.93. The van der Waals surface area contributed by atoms with Crippen LogP contribution in [0.1, 0.15) is 16.1 Å². The zero-order chi connectivity index (χ0) is 20.4. The van der Waals surface area contributed by atoms with Gasteiger partial charge in [-0.15, -0.1) is 4.31 Å². The number of aromatic nitrogens is 2. The molecule has 2 heterocycles. The Kier molecular flexibility index (Phi) is 5.90. The lowest BCUT2D eigenvalue weighted by Gasteiger charge is -2.19. The van der Waals surface area contributed by atoms with E-state index in [1.54, 1.807) is 0 Å². The molecule has 27 heavy (non-hydrogen) atoms. The Balaban J connectivity index is 2.62. The molecule has 0 fully saturated rings. The van der Waals surface area contributed by atoms with Crippen LogP contribution in [0.15, 0.2) is 21.7 Å². The molecule has 2 rings (SSSR count). The van der Waals surface area contributed by atoms with Gasteiger partial charge in [-0.3, -0.25) is 0 Å². The molecular formula is C13H12F2N4O6S2. The molecule has 0 aliphatic heterocycles. The lowest BCUT2D eigenvalue weighted by atomic mass is 10.3. The number of nitrogens with two attached hydrogens (primary N) is 1. The van der Waals surface area contributed by atoms with Crippen molar-refractivity contribution < 1.29 is 36.3 Å². The molecule has 14 heteroatoms. The number of anilines is 1. The number of carbonyl (C=O) groups is 2. The van der Waals surface area contributed by atoms with Crippen molar-refractivity contribution in [3.05, 3.63) is 28.1 Å². The van der Waals surface area contributed by atoms with E-state index in [0.717, 1.165) is 29.9 Å². The van der Waals surface area contributed by atoms with Gasteiger partial charge in [0.2, 0.25) is 5.88 Å². The average molecular weight is 422 g/mol. The van der Waals surface area contributed by atoms with Gasteiger partial charge in [0, 0.05) is 22.5 Å². The Hall–Kier alpha value is -2.87. The van der Waals surface area contributed by atoms with Crippen molar-refractivity contribution in [1.29, 1.82) is 0 Å². The Bertz CT molecular complexity index is 979. The van der Waals surface area contributed by atoms with Crippen LogP contribution >= 0.6 is 11.3 Å². The summed E-state index contributed by atoms with van der Waals surface area (Å²) < 4.78 is 59.2. The third-order valence-corrected chi connectivity index (χ3v) is 5.57. The summed E-state index contributed by atoms with van der Waals surface area (Å²) in [5.74, 6) is -2.46. The lowest BCUT2D eigenvalue weighted by molar-refractivity contribution is -0.0528. The molecule has 146 valence electrons. The molecule has 0 saturated heterocycles. The lowest BCUT2D eigenvalue weighted by Crippen LogP contribution is -2.42. The fourth-order valence-corrected chi connectivity index (χ4v) is 4.49. The zero-order valence-electron chi connectivity index (χ0n) is 13.8. The predicted molar refractivity (Wildman–Crippen MR) is 88.3 cm³/mol. The van der Waals surface area contributed by atoms with E-state index in [0.29, 0.717) is 0 Å². The van der Waals surface area contributed by atoms with Crippen LogP contribution in [0.25, 0.3) is 0 Å². The van der Waals surface area contributed by atoms with Crippen LogP contribution in [0, 0.1) is 6.92 Å². The topological polar surface area (TPSA) is 142 Å². The zero-order valence-corrected chi connectivity index (χ0v) is 15.4. The van der Waals surface area contributed by atoms with Gasteiger partial charge < -0.3 is 15.2 Å². The Morgan fingerprint density at radius 3 is 2.52 bits per heavy atom. The third-order valence-electron chi connectivity index (χ3n) is 2.96. The van der Waals surface area contributed by atoms with Crippen LogP contribution in [-0.2, 0) is 14.8 Å². The maximum atomic E-state index is 12.9. The summed E-state index contributed by atoms with van der Waals surface area (Å²) in [5, 5.41) is 2.27. The second-order valence-corrected chi connectivity index (χ2v) is 7.27. The molecule has 0 spiro atoms. The smallest absolute Gasteiger partial charge is 0.388 e. The summed E-state index contributed by atoms with van der Waals surface area (Å²) in [6, 6.07) is -0.517. The van der Waals surface area contributed by atoms with E-state index in [9.17, 15) is 26.8 Å². The number of alkyl halides is 2. The molecule has 0 radical (unpaired) electrons. The number of urea groups is 1. The van der Waals surface area contributed by atoms with Crippen LogP contribution in [0.2, 0.25) is 0 Å². The van der Waals surface area contributed by atoms with E-state index < -0.39 is 45.4 Å². The first-order chi connectivity index (χ1) is 12.6. The summed E-state index contributed by atoms with van der Waals surface area (Å²) >= 11 is 0.852. The quantitative estimate of drug-likeness (QED) is 0.691. The minimum Gasteiger partial charge on any atom is -0.465 e. The highest BCUT2D eigenvalue weighted by Gasteiger charge is 2.36. The van der Waals surface area contributed by atoms with E-state index in [2.05, 4.69) is 19.4 Å². The van der Waals surface area contributed by atoms with Crippen LogP contribution < -0.4 is 14.8 Å². The second kappa shape index (κ2) is 7.79. The van der Waals surface area contributed by atoms with Crippen LogP contribution in [0.3, 0.4) is 0 Å². The number of primary amides is 1. The molecule has 2 aromatic heterocycles. The molecule has 2 N–H and O–H groups in total. The fourth-order valence-electron chi connectivity index (χ4n) is 1.93. The average Bonchev–Trinajstić information content (AvgIpc) is 3.02. The number of hydrogen-bond acceptors (Lipinski definition) is 9. The predicted octanol–water partition coefficient (Wildman–Crippen LogP) is 1.51. The number of methoxy groups -OCH3 is 1. The van der Waals surface area contributed by atoms with Gasteiger partial charge in [0.15, 0.2) is 0 Å². The normalized spacial score (nSPS) is 11.3. The molecule has 0 bridgehead atoms. The van der Waals surface area contributed by atoms with Gasteiger partial charge in [0.1, 0.15) is 4.90 Å². The maximum Gasteiger partial charge on any atom is 0.388 e. The molecule has 0 aliphatic carbocycles. The van der Waals surface area contributed by atoms with Crippen molar-refractivity contribution in [3.63, 3.8) is 0 Å². The van der Waals surface area contributed by atoms with Gasteiger partial charge in [0.05, 0.1) is 12.7 Å². The number of amides is 2. The van der Waals surface area contributed by atoms with E-state index in [1.165, 1.54) is 12.3 Å². The van der Waals surface area contributed by atoms with Crippen LogP contribution in [0.4, 0.5) is 19.5 Å². The van der Waals surface area contributed by atoms with Crippen LogP contribution in [-0.4, -0.2) is 44.1 Å². The number of thiophene rings is 1. The van der Waals surface area contributed by atoms with Crippen molar-refractivity contribution in [2.24, 2.45) is 5.73 Å². The monoisotopic (exact) mass is 422 g/mol. The number of halogens is 2. The van der Waals surface area contributed by atoms with E-state index in [4.69, 9.17) is 5.73 Å². The van der Waals surface area contributed by atoms with Crippen molar-refractivity contribution in [1.82, 2.24) is 9.97 Å². The Labute approximate surface area is 155 Å². The summed E-state index contributed by atoms with van der Waals surface area (Å²) in [7, 11) is -3.72. The number of esters is 1. The van der Waals surface area contributed by atoms with Crippen LogP contribution in [0.5, 0.6) is 5.88 Å². The maximum absolute atomic E-state index is 12.9. The largest absolute Gasteiger partial charge is 0.465 e. The molecule has 0 atom stereocenters. The van der Waals surface area contributed by atoms with E-state index in [-0.39, 0.29) is 15.6 Å². The van der Waals surface area contributed by atoms with Crippen molar-refractivity contribution in [2.45, 2.75) is 18.4 Å². The molecule has 2 amide bonds. The first-order valence-electron chi connectivity index (χ1n) is 6.87. The fraction of sp³-hybridized carbons (Fsp3) is 0.231. The highest BCUT2D eigenvalue weighted by atomic mass is 32.2. The highest BCUT2D eigenvalue weighted by Crippen LogP contribution is 2.28. The van der Waals surface area contributed by atoms with E-state index >= 15 is 0 Å². The summed E-state index contributed by atoms with van der Waals surface area (Å²) in [4.78, 5) is 30.2. The first-order valence-corrected chi connectivity index (χ1v) is 9.26. The van der Waals surface area contributed by atoms with Crippen molar-refractivity contribution in [3.8, 4) is 5.88 Å². The molecule has 0 unspecified atom stereocenters. The number of nitrogens with zero attached hydrogens (tertiary/aromatic N) is 3. The third kappa shape index (κ3) is 4.28. The molecule has 0 saturated carbocycles. The number of ether oxygens (including phenoxy) is 2. The van der Waals surface area contributed by atoms with Crippen molar-refractivity contribution >= 4 is 39.3 Å². The molecule has 10 nitrogen and oxygen atoms in total. The number of rotatable bonds is 6. The van der Waals surface area contributed by atoms with E-state index in [1.807, 2.05) is 0 Å². The second-order valence-electron chi connectivity index (χ2n) is 4.78. The Morgan fingerprint density at radius 2 is 1.96 bits per heavy atom. The standard InChI is InChI=1S/C13H12F2N4O6S2/c1-6-3-9(25-11(14)15)18-13(17-6)19(12(16)21)27(22,23)8-5-26-4-7(8)10(20)24-2/h3-5,11H,1-2H3,(H2,16,21). The minimum absolute atomic E-state index is 0.0210. The van der Waals surface area contributed by atoms with Gasteiger partial charge in [0.25, 0.3) is 16.0 Å². The number of sulfonamides is 1. The van der Waals surface area contributed by atoms with Gasteiger partial charge in [-0.05, 0) is 6.92 Å². The number of hydrogen-bond donors (Lipinski definition) is 1. The van der Waals surface area contributed by atoms with Gasteiger partial charge in [-0.2, -0.15) is 25.1 Å². The minimum atomic E-state index is -4.76. The summed E-state index contributed by atoms with van der Waals surface area (Å²) in [6.45, 7) is -1.91. The molecule has 2 aromatic rings. The van der Waals surface area contributed by atoms with Crippen molar-refractivity contribution in [2.75, 3.05) is 11.4 Å². The van der Waals surface area contributed by atoms with Gasteiger partial charge in [-0.25, -0.2) is 23.0 Å². The summed E-state index contributed by atoms with van der Waals surface area (Å²) in [5.41, 5.74) is 4.83. The van der Waals surface area contributed by atoms with Gasteiger partial charge >= 0.3 is 18.6 Å². The SMILES string of the molecule is COC(=O)c1cscc1S(=O)(=O)N(C(N)=O)c1nc(C)cc(OC(F)F)n1. The molecular weight excluding hydrogens is 410 g/mol.